The second-order valence-corrected chi connectivity index (χ2v) is 6.83. The summed E-state index contributed by atoms with van der Waals surface area (Å²) in [5, 5.41) is 2.53. The Kier molecular flexibility index (Phi) is 4.02. The number of rotatable bonds is 2. The average Bonchev–Trinajstić information content (AvgIpc) is 3.20. The van der Waals surface area contributed by atoms with Gasteiger partial charge in [-0.2, -0.15) is 0 Å². The summed E-state index contributed by atoms with van der Waals surface area (Å²) in [4.78, 5) is 0. The fourth-order valence-corrected chi connectivity index (χ4v) is 3.63. The molecule has 3 aromatic carbocycles. The molecule has 0 amide bonds. The van der Waals surface area contributed by atoms with Crippen LogP contribution in [0.3, 0.4) is 0 Å². The second kappa shape index (κ2) is 5.69. The Labute approximate surface area is 145 Å². The molecule has 0 saturated heterocycles. The van der Waals surface area contributed by atoms with Crippen LogP contribution in [0, 0.1) is 0 Å². The molecule has 112 valence electrons. The molecule has 3 heteroatoms. The summed E-state index contributed by atoms with van der Waals surface area (Å²) < 4.78 is 1.12. The van der Waals surface area contributed by atoms with E-state index in [1.54, 1.807) is 0 Å². The van der Waals surface area contributed by atoms with Gasteiger partial charge in [0.1, 0.15) is 0 Å². The zero-order chi connectivity index (χ0) is 14.4. The van der Waals surface area contributed by atoms with Crippen LogP contribution in [0.15, 0.2) is 71.2 Å². The van der Waals surface area contributed by atoms with Gasteiger partial charge in [0.25, 0.3) is 0 Å². The molecular formula is C19H17BrClN. The van der Waals surface area contributed by atoms with Crippen molar-refractivity contribution in [2.75, 3.05) is 0 Å². The molecule has 0 radical (unpaired) electrons. The SMILES string of the molecule is Cl.N[C@@]1(c2ccc3ccccc3c2)C[C@@H]1c1cccc(Br)c1. The van der Waals surface area contributed by atoms with Crippen LogP contribution in [0.5, 0.6) is 0 Å². The lowest BCUT2D eigenvalue weighted by Crippen LogP contribution is -2.21. The summed E-state index contributed by atoms with van der Waals surface area (Å²) in [6, 6.07) is 23.5. The maximum Gasteiger partial charge on any atom is 0.0486 e. The van der Waals surface area contributed by atoms with E-state index in [2.05, 4.69) is 82.7 Å². The minimum atomic E-state index is -0.217. The van der Waals surface area contributed by atoms with Crippen molar-refractivity contribution in [1.82, 2.24) is 0 Å². The topological polar surface area (TPSA) is 26.0 Å². The molecule has 22 heavy (non-hydrogen) atoms. The van der Waals surface area contributed by atoms with Gasteiger partial charge >= 0.3 is 0 Å². The van der Waals surface area contributed by atoms with Gasteiger partial charge in [0.05, 0.1) is 0 Å². The molecule has 1 nitrogen and oxygen atoms in total. The van der Waals surface area contributed by atoms with E-state index in [1.807, 2.05) is 0 Å². The van der Waals surface area contributed by atoms with Gasteiger partial charge in [-0.1, -0.05) is 64.5 Å². The summed E-state index contributed by atoms with van der Waals surface area (Å²) in [6.45, 7) is 0. The number of nitrogens with two attached hydrogens (primary N) is 1. The minimum absolute atomic E-state index is 0. The van der Waals surface area contributed by atoms with Gasteiger partial charge in [0.2, 0.25) is 0 Å². The summed E-state index contributed by atoms with van der Waals surface area (Å²) in [5.41, 5.74) is 9.01. The molecule has 2 N–H and O–H groups in total. The highest BCUT2D eigenvalue weighted by Gasteiger charge is 2.52. The Morgan fingerprint density at radius 3 is 2.45 bits per heavy atom. The van der Waals surface area contributed by atoms with E-state index in [4.69, 9.17) is 5.73 Å². The maximum absolute atomic E-state index is 6.67. The van der Waals surface area contributed by atoms with Crippen molar-refractivity contribution >= 4 is 39.1 Å². The molecule has 0 heterocycles. The van der Waals surface area contributed by atoms with Crippen molar-refractivity contribution in [2.45, 2.75) is 17.9 Å². The Balaban J connectivity index is 0.00000144. The van der Waals surface area contributed by atoms with Crippen LogP contribution in [0.4, 0.5) is 0 Å². The second-order valence-electron chi connectivity index (χ2n) is 5.91. The molecule has 0 bridgehead atoms. The van der Waals surface area contributed by atoms with Crippen LogP contribution in [0.25, 0.3) is 10.8 Å². The van der Waals surface area contributed by atoms with Gasteiger partial charge in [-0.3, -0.25) is 0 Å². The number of fused-ring (bicyclic) bond motifs is 1. The van der Waals surface area contributed by atoms with Gasteiger partial charge < -0.3 is 5.73 Å². The molecule has 0 aliphatic heterocycles. The van der Waals surface area contributed by atoms with Crippen LogP contribution < -0.4 is 5.73 Å². The first-order valence-electron chi connectivity index (χ1n) is 7.20. The number of halogens is 2. The summed E-state index contributed by atoms with van der Waals surface area (Å²) in [5.74, 6) is 0.413. The molecule has 1 aliphatic rings. The highest BCUT2D eigenvalue weighted by molar-refractivity contribution is 9.10. The quantitative estimate of drug-likeness (QED) is 0.641. The Morgan fingerprint density at radius 2 is 1.68 bits per heavy atom. The van der Waals surface area contributed by atoms with E-state index in [0.717, 1.165) is 10.9 Å². The molecule has 4 rings (SSSR count). The van der Waals surface area contributed by atoms with Crippen molar-refractivity contribution in [3.63, 3.8) is 0 Å². The Bertz CT molecular complexity index is 832. The highest BCUT2D eigenvalue weighted by atomic mass is 79.9. The number of hydrogen-bond acceptors (Lipinski definition) is 1. The van der Waals surface area contributed by atoms with Crippen LogP contribution >= 0.6 is 28.3 Å². The third kappa shape index (κ3) is 2.56. The van der Waals surface area contributed by atoms with Crippen LogP contribution in [-0.4, -0.2) is 0 Å². The van der Waals surface area contributed by atoms with E-state index >= 15 is 0 Å². The molecule has 0 aromatic heterocycles. The van der Waals surface area contributed by atoms with Gasteiger partial charge in [-0.05, 0) is 46.5 Å². The lowest BCUT2D eigenvalue weighted by molar-refractivity contribution is 0.707. The molecule has 0 spiro atoms. The van der Waals surface area contributed by atoms with Crippen molar-refractivity contribution in [2.24, 2.45) is 5.73 Å². The highest BCUT2D eigenvalue weighted by Crippen LogP contribution is 2.56. The van der Waals surface area contributed by atoms with Crippen LogP contribution in [-0.2, 0) is 5.54 Å². The van der Waals surface area contributed by atoms with E-state index in [9.17, 15) is 0 Å². The van der Waals surface area contributed by atoms with Crippen molar-refractivity contribution < 1.29 is 0 Å². The largest absolute Gasteiger partial charge is 0.321 e. The van der Waals surface area contributed by atoms with E-state index in [-0.39, 0.29) is 17.9 Å². The van der Waals surface area contributed by atoms with E-state index in [1.165, 1.54) is 21.9 Å². The lowest BCUT2D eigenvalue weighted by atomic mass is 9.97. The smallest absolute Gasteiger partial charge is 0.0486 e. The first kappa shape index (κ1) is 15.5. The number of benzene rings is 3. The monoisotopic (exact) mass is 373 g/mol. The maximum atomic E-state index is 6.67. The average molecular weight is 375 g/mol. The third-order valence-electron chi connectivity index (χ3n) is 4.54. The first-order chi connectivity index (χ1) is 10.2. The Morgan fingerprint density at radius 1 is 0.909 bits per heavy atom. The minimum Gasteiger partial charge on any atom is -0.321 e. The fourth-order valence-electron chi connectivity index (χ4n) is 3.22. The Hall–Kier alpha value is -1.35. The van der Waals surface area contributed by atoms with Gasteiger partial charge in [0.15, 0.2) is 0 Å². The predicted molar refractivity (Wildman–Crippen MR) is 98.6 cm³/mol. The molecule has 1 aliphatic carbocycles. The van der Waals surface area contributed by atoms with E-state index < -0.39 is 0 Å². The van der Waals surface area contributed by atoms with Crippen LogP contribution in [0.2, 0.25) is 0 Å². The van der Waals surface area contributed by atoms with Crippen LogP contribution in [0.1, 0.15) is 23.5 Å². The molecule has 1 fully saturated rings. The fraction of sp³-hybridized carbons (Fsp3) is 0.158. The van der Waals surface area contributed by atoms with Gasteiger partial charge in [-0.15, -0.1) is 12.4 Å². The summed E-state index contributed by atoms with van der Waals surface area (Å²) >= 11 is 3.54. The van der Waals surface area contributed by atoms with E-state index in [0.29, 0.717) is 5.92 Å². The third-order valence-corrected chi connectivity index (χ3v) is 5.03. The summed E-state index contributed by atoms with van der Waals surface area (Å²) in [7, 11) is 0. The number of hydrogen-bond donors (Lipinski definition) is 1. The predicted octanol–water partition coefficient (Wildman–Crippen LogP) is 5.37. The van der Waals surface area contributed by atoms with Crippen molar-refractivity contribution in [3.8, 4) is 0 Å². The first-order valence-corrected chi connectivity index (χ1v) is 8.00. The standard InChI is InChI=1S/C19H16BrN.ClH/c20-17-7-3-6-15(11-17)18-12-19(18,21)16-9-8-13-4-1-2-5-14(13)10-16;/h1-11,18H,12,21H2;1H/t18-,19-;/m1./s1. The lowest BCUT2D eigenvalue weighted by Gasteiger charge is -2.13. The zero-order valence-electron chi connectivity index (χ0n) is 12.0. The molecule has 0 unspecified atom stereocenters. The molecule has 1 saturated carbocycles. The van der Waals surface area contributed by atoms with Gasteiger partial charge in [-0.25, -0.2) is 0 Å². The molecular weight excluding hydrogens is 358 g/mol. The van der Waals surface area contributed by atoms with Gasteiger partial charge in [0, 0.05) is 15.9 Å². The summed E-state index contributed by atoms with van der Waals surface area (Å²) in [6.07, 6.45) is 1.02. The van der Waals surface area contributed by atoms with Crippen molar-refractivity contribution in [3.05, 3.63) is 82.3 Å². The zero-order valence-corrected chi connectivity index (χ0v) is 14.4. The molecule has 2 atom stereocenters. The normalized spacial score (nSPS) is 23.1. The van der Waals surface area contributed by atoms with Crippen molar-refractivity contribution in [1.29, 1.82) is 0 Å². The molecule has 3 aromatic rings.